The van der Waals surface area contributed by atoms with Crippen molar-refractivity contribution in [2.24, 2.45) is 5.92 Å². The molecule has 1 aromatic rings. The molecule has 2 rings (SSSR count). The van der Waals surface area contributed by atoms with Crippen LogP contribution in [0.3, 0.4) is 0 Å². The molecule has 0 radical (unpaired) electrons. The first-order valence-electron chi connectivity index (χ1n) is 7.24. The van der Waals surface area contributed by atoms with Gasteiger partial charge in [-0.1, -0.05) is 11.6 Å². The Bertz CT molecular complexity index is 496. The summed E-state index contributed by atoms with van der Waals surface area (Å²) in [5.74, 6) is 1.13. The summed E-state index contributed by atoms with van der Waals surface area (Å²) in [6, 6.07) is 0.397. The maximum Gasteiger partial charge on any atom is 0.222 e. The van der Waals surface area contributed by atoms with E-state index in [0.717, 1.165) is 25.9 Å². The minimum Gasteiger partial charge on any atom is -0.396 e. The van der Waals surface area contributed by atoms with Gasteiger partial charge in [-0.05, 0) is 39.8 Å². The predicted molar refractivity (Wildman–Crippen MR) is 85.7 cm³/mol. The average molecular weight is 314 g/mol. The van der Waals surface area contributed by atoms with E-state index >= 15 is 0 Å². The molecule has 21 heavy (non-hydrogen) atoms. The Morgan fingerprint density at radius 1 is 1.33 bits per heavy atom. The zero-order chi connectivity index (χ0) is 15.6. The fourth-order valence-corrected chi connectivity index (χ4v) is 2.97. The van der Waals surface area contributed by atoms with Crippen molar-refractivity contribution in [2.45, 2.75) is 25.8 Å². The number of likely N-dealkylation sites (N-methyl/N-ethyl adjacent to an activating group) is 1. The molecule has 0 aromatic carbocycles. The predicted octanol–water partition coefficient (Wildman–Crippen LogP) is 1.16. The summed E-state index contributed by atoms with van der Waals surface area (Å²) in [7, 11) is 4.15. The summed E-state index contributed by atoms with van der Waals surface area (Å²) in [6.07, 6.45) is 2.04. The Hall–Kier alpha value is -1.11. The SMILES string of the molecule is Cc1nc(N)nc(N2C[C@@H](CO)CC[C@@H](N(C)C)C2)c1Cl. The van der Waals surface area contributed by atoms with Crippen molar-refractivity contribution in [3.8, 4) is 0 Å². The summed E-state index contributed by atoms with van der Waals surface area (Å²) in [6.45, 7) is 3.55. The van der Waals surface area contributed by atoms with Crippen LogP contribution in [0.4, 0.5) is 11.8 Å². The lowest BCUT2D eigenvalue weighted by Gasteiger charge is -2.30. The van der Waals surface area contributed by atoms with Gasteiger partial charge >= 0.3 is 0 Å². The van der Waals surface area contributed by atoms with Gasteiger partial charge in [0.15, 0.2) is 5.82 Å². The monoisotopic (exact) mass is 313 g/mol. The van der Waals surface area contributed by atoms with Crippen LogP contribution in [0.5, 0.6) is 0 Å². The second-order valence-corrected chi connectivity index (χ2v) is 6.33. The number of nitrogen functional groups attached to an aromatic ring is 1. The van der Waals surface area contributed by atoms with E-state index in [-0.39, 0.29) is 18.5 Å². The number of aliphatic hydroxyl groups excluding tert-OH is 1. The topological polar surface area (TPSA) is 78.5 Å². The lowest BCUT2D eigenvalue weighted by Crippen LogP contribution is -2.40. The van der Waals surface area contributed by atoms with Crippen LogP contribution < -0.4 is 10.6 Å². The number of anilines is 2. The highest BCUT2D eigenvalue weighted by molar-refractivity contribution is 6.33. The molecular formula is C14H24ClN5O. The lowest BCUT2D eigenvalue weighted by atomic mass is 10.0. The van der Waals surface area contributed by atoms with E-state index in [1.165, 1.54) is 0 Å². The third kappa shape index (κ3) is 3.75. The molecule has 0 spiro atoms. The maximum absolute atomic E-state index is 9.55. The average Bonchev–Trinajstić information content (AvgIpc) is 2.65. The van der Waals surface area contributed by atoms with Gasteiger partial charge in [0.25, 0.3) is 0 Å². The molecule has 7 heteroatoms. The first-order chi connectivity index (χ1) is 9.92. The number of hydrogen-bond donors (Lipinski definition) is 2. The van der Waals surface area contributed by atoms with Crippen molar-refractivity contribution < 1.29 is 5.11 Å². The Morgan fingerprint density at radius 2 is 2.05 bits per heavy atom. The molecule has 0 amide bonds. The van der Waals surface area contributed by atoms with Crippen molar-refractivity contribution in [2.75, 3.05) is 44.4 Å². The molecule has 1 saturated heterocycles. The van der Waals surface area contributed by atoms with E-state index in [4.69, 9.17) is 17.3 Å². The second-order valence-electron chi connectivity index (χ2n) is 5.95. The third-order valence-corrected chi connectivity index (χ3v) is 4.57. The normalized spacial score (nSPS) is 23.4. The highest BCUT2D eigenvalue weighted by atomic mass is 35.5. The number of halogens is 1. The molecule has 0 saturated carbocycles. The molecule has 2 heterocycles. The minimum absolute atomic E-state index is 0.174. The molecule has 1 aliphatic heterocycles. The molecule has 6 nitrogen and oxygen atoms in total. The summed E-state index contributed by atoms with van der Waals surface area (Å²) in [5.41, 5.74) is 6.45. The molecular weight excluding hydrogens is 290 g/mol. The van der Waals surface area contributed by atoms with Gasteiger partial charge < -0.3 is 20.6 Å². The summed E-state index contributed by atoms with van der Waals surface area (Å²) in [5, 5.41) is 10.1. The molecule has 0 bridgehead atoms. The fourth-order valence-electron chi connectivity index (χ4n) is 2.77. The highest BCUT2D eigenvalue weighted by Crippen LogP contribution is 2.30. The van der Waals surface area contributed by atoms with E-state index in [1.54, 1.807) is 0 Å². The van der Waals surface area contributed by atoms with Crippen molar-refractivity contribution in [3.05, 3.63) is 10.7 Å². The van der Waals surface area contributed by atoms with Crippen LogP contribution in [0.15, 0.2) is 0 Å². The second kappa shape index (κ2) is 6.77. The molecule has 0 aliphatic carbocycles. The van der Waals surface area contributed by atoms with Gasteiger partial charge in [-0.3, -0.25) is 0 Å². The fraction of sp³-hybridized carbons (Fsp3) is 0.714. The largest absolute Gasteiger partial charge is 0.396 e. The third-order valence-electron chi connectivity index (χ3n) is 4.12. The van der Waals surface area contributed by atoms with E-state index in [1.807, 2.05) is 6.92 Å². The van der Waals surface area contributed by atoms with Gasteiger partial charge in [-0.25, -0.2) is 4.98 Å². The van der Waals surface area contributed by atoms with Gasteiger partial charge in [0.2, 0.25) is 5.95 Å². The molecule has 1 fully saturated rings. The summed E-state index contributed by atoms with van der Waals surface area (Å²) < 4.78 is 0. The number of aryl methyl sites for hydroxylation is 1. The van der Waals surface area contributed by atoms with Crippen molar-refractivity contribution in [1.82, 2.24) is 14.9 Å². The van der Waals surface area contributed by atoms with Crippen LogP contribution in [0.2, 0.25) is 5.02 Å². The van der Waals surface area contributed by atoms with Crippen LogP contribution in [0, 0.1) is 12.8 Å². The van der Waals surface area contributed by atoms with Crippen LogP contribution >= 0.6 is 11.6 Å². The van der Waals surface area contributed by atoms with Crippen LogP contribution in [0.1, 0.15) is 18.5 Å². The molecule has 0 unspecified atom stereocenters. The van der Waals surface area contributed by atoms with Gasteiger partial charge in [0, 0.05) is 25.7 Å². The zero-order valence-corrected chi connectivity index (χ0v) is 13.6. The first kappa shape index (κ1) is 16.3. The van der Waals surface area contributed by atoms with Crippen molar-refractivity contribution in [3.63, 3.8) is 0 Å². The lowest BCUT2D eigenvalue weighted by molar-refractivity contribution is 0.216. The van der Waals surface area contributed by atoms with Crippen molar-refractivity contribution >= 4 is 23.4 Å². The zero-order valence-electron chi connectivity index (χ0n) is 12.9. The van der Waals surface area contributed by atoms with Crippen LogP contribution in [-0.2, 0) is 0 Å². The molecule has 118 valence electrons. The summed E-state index contributed by atoms with van der Waals surface area (Å²) >= 11 is 6.37. The Kier molecular flexibility index (Phi) is 5.24. The molecule has 1 aromatic heterocycles. The number of aliphatic hydroxyl groups is 1. The highest BCUT2D eigenvalue weighted by Gasteiger charge is 2.27. The molecule has 3 N–H and O–H groups in total. The quantitative estimate of drug-likeness (QED) is 0.872. The smallest absolute Gasteiger partial charge is 0.222 e. The van der Waals surface area contributed by atoms with Crippen molar-refractivity contribution in [1.29, 1.82) is 0 Å². The van der Waals surface area contributed by atoms with E-state index in [9.17, 15) is 5.11 Å². The Balaban J connectivity index is 2.34. The van der Waals surface area contributed by atoms with Gasteiger partial charge in [-0.2, -0.15) is 4.98 Å². The van der Waals surface area contributed by atoms with E-state index in [0.29, 0.717) is 22.6 Å². The van der Waals surface area contributed by atoms with E-state index in [2.05, 4.69) is 33.9 Å². The minimum atomic E-state index is 0.174. The Labute approximate surface area is 130 Å². The maximum atomic E-state index is 9.55. The van der Waals surface area contributed by atoms with E-state index < -0.39 is 0 Å². The van der Waals surface area contributed by atoms with Crippen LogP contribution in [0.25, 0.3) is 0 Å². The standard InChI is InChI=1S/C14H24ClN5O/c1-9-12(15)13(18-14(16)17-9)20-6-10(8-21)4-5-11(7-20)19(2)3/h10-11,21H,4-8H2,1-3H3,(H2,16,17,18)/t10-,11+/m0/s1. The number of rotatable bonds is 3. The van der Waals surface area contributed by atoms with Gasteiger partial charge in [0.05, 0.1) is 5.69 Å². The number of aromatic nitrogens is 2. The van der Waals surface area contributed by atoms with Gasteiger partial charge in [0.1, 0.15) is 5.02 Å². The van der Waals surface area contributed by atoms with Crippen LogP contribution in [-0.4, -0.2) is 59.8 Å². The number of nitrogens with two attached hydrogens (primary N) is 1. The first-order valence-corrected chi connectivity index (χ1v) is 7.62. The molecule has 2 atom stereocenters. The molecule has 1 aliphatic rings. The summed E-state index contributed by atoms with van der Waals surface area (Å²) in [4.78, 5) is 12.8. The number of nitrogens with zero attached hydrogens (tertiary/aromatic N) is 4. The Morgan fingerprint density at radius 3 is 2.67 bits per heavy atom. The number of hydrogen-bond acceptors (Lipinski definition) is 6. The van der Waals surface area contributed by atoms with Gasteiger partial charge in [-0.15, -0.1) is 0 Å².